The predicted molar refractivity (Wildman–Crippen MR) is 117 cm³/mol. The van der Waals surface area contributed by atoms with E-state index in [-0.39, 0.29) is 12.5 Å². The van der Waals surface area contributed by atoms with Crippen LogP contribution in [0.5, 0.6) is 0 Å². The van der Waals surface area contributed by atoms with Crippen molar-refractivity contribution >= 4 is 28.9 Å². The molecule has 0 radical (unpaired) electrons. The summed E-state index contributed by atoms with van der Waals surface area (Å²) in [4.78, 5) is 17.3. The molecule has 8 nitrogen and oxygen atoms in total. The number of nitrogens with one attached hydrogen (secondary N) is 1. The zero-order valence-corrected chi connectivity index (χ0v) is 17.2. The lowest BCUT2D eigenvalue weighted by molar-refractivity contribution is 0.102. The molecule has 2 aromatic carbocycles. The Bertz CT molecular complexity index is 985. The van der Waals surface area contributed by atoms with E-state index in [1.54, 1.807) is 35.4 Å². The van der Waals surface area contributed by atoms with Crippen molar-refractivity contribution in [2.24, 2.45) is 0 Å². The average Bonchev–Trinajstić information content (AvgIpc) is 3.30. The maximum Gasteiger partial charge on any atom is 0.257 e. The van der Waals surface area contributed by atoms with Gasteiger partial charge in [-0.3, -0.25) is 14.3 Å². The molecule has 156 valence electrons. The van der Waals surface area contributed by atoms with Gasteiger partial charge in [-0.1, -0.05) is 11.6 Å². The summed E-state index contributed by atoms with van der Waals surface area (Å²) in [5.74, 6) is -0.278. The highest BCUT2D eigenvalue weighted by molar-refractivity contribution is 6.34. The molecule has 9 heteroatoms. The molecule has 0 unspecified atom stereocenters. The van der Waals surface area contributed by atoms with Crippen LogP contribution in [-0.2, 0) is 0 Å². The number of piperazine rings is 1. The fourth-order valence-corrected chi connectivity index (χ4v) is 3.71. The lowest BCUT2D eigenvalue weighted by Gasteiger charge is -2.35. The number of carbonyl (C=O) groups is 1. The minimum Gasteiger partial charge on any atom is -0.395 e. The molecule has 0 saturated carbocycles. The average molecular weight is 427 g/mol. The summed E-state index contributed by atoms with van der Waals surface area (Å²) in [5.41, 5.74) is 2.95. The summed E-state index contributed by atoms with van der Waals surface area (Å²) in [6.45, 7) is 4.61. The van der Waals surface area contributed by atoms with Crippen LogP contribution in [-0.4, -0.2) is 70.0 Å². The minimum absolute atomic E-state index is 0.195. The van der Waals surface area contributed by atoms with Crippen molar-refractivity contribution in [3.05, 3.63) is 65.7 Å². The van der Waals surface area contributed by atoms with Crippen molar-refractivity contribution < 1.29 is 9.90 Å². The third-order valence-electron chi connectivity index (χ3n) is 5.19. The molecule has 30 heavy (non-hydrogen) atoms. The molecule has 1 aromatic heterocycles. The summed E-state index contributed by atoms with van der Waals surface area (Å²) in [6.07, 6.45) is 3.13. The van der Waals surface area contributed by atoms with Crippen molar-refractivity contribution in [3.63, 3.8) is 0 Å². The van der Waals surface area contributed by atoms with E-state index in [9.17, 15) is 4.79 Å². The molecular weight excluding hydrogens is 404 g/mol. The Hall–Kier alpha value is -2.94. The van der Waals surface area contributed by atoms with Crippen LogP contribution in [0.25, 0.3) is 5.69 Å². The highest BCUT2D eigenvalue weighted by atomic mass is 35.5. The Kier molecular flexibility index (Phi) is 6.27. The largest absolute Gasteiger partial charge is 0.395 e. The van der Waals surface area contributed by atoms with Crippen LogP contribution in [0, 0.1) is 0 Å². The van der Waals surface area contributed by atoms with E-state index in [0.29, 0.717) is 16.3 Å². The molecule has 2 N–H and O–H groups in total. The first-order chi connectivity index (χ1) is 14.6. The first-order valence-corrected chi connectivity index (χ1v) is 10.2. The molecule has 1 aliphatic heterocycles. The van der Waals surface area contributed by atoms with Crippen LogP contribution >= 0.6 is 11.6 Å². The summed E-state index contributed by atoms with van der Waals surface area (Å²) in [6, 6.07) is 13.0. The summed E-state index contributed by atoms with van der Waals surface area (Å²) in [7, 11) is 0. The van der Waals surface area contributed by atoms with Gasteiger partial charge in [0.25, 0.3) is 5.91 Å². The number of benzene rings is 2. The molecule has 0 atom stereocenters. The number of aromatic nitrogens is 3. The summed E-state index contributed by atoms with van der Waals surface area (Å²) >= 11 is 6.25. The number of halogens is 1. The van der Waals surface area contributed by atoms with Gasteiger partial charge in [-0.15, -0.1) is 10.2 Å². The van der Waals surface area contributed by atoms with Gasteiger partial charge in [0.1, 0.15) is 12.7 Å². The molecule has 1 amide bonds. The first kappa shape index (κ1) is 20.3. The molecular formula is C21H23ClN6O2. The highest BCUT2D eigenvalue weighted by Gasteiger charge is 2.17. The van der Waals surface area contributed by atoms with Crippen molar-refractivity contribution in [3.8, 4) is 5.69 Å². The van der Waals surface area contributed by atoms with Gasteiger partial charge >= 0.3 is 0 Å². The molecule has 0 aliphatic carbocycles. The van der Waals surface area contributed by atoms with Gasteiger partial charge in [0.15, 0.2) is 0 Å². The van der Waals surface area contributed by atoms with Gasteiger partial charge in [0, 0.05) is 49.8 Å². The van der Waals surface area contributed by atoms with E-state index < -0.39 is 0 Å². The Balaban J connectivity index is 1.41. The lowest BCUT2D eigenvalue weighted by atomic mass is 10.1. The van der Waals surface area contributed by atoms with Crippen LogP contribution in [0.1, 0.15) is 10.4 Å². The Morgan fingerprint density at radius 1 is 1.00 bits per heavy atom. The molecule has 1 fully saturated rings. The van der Waals surface area contributed by atoms with E-state index in [1.165, 1.54) is 0 Å². The molecule has 2 heterocycles. The summed E-state index contributed by atoms with van der Waals surface area (Å²) < 4.78 is 1.71. The van der Waals surface area contributed by atoms with Crippen molar-refractivity contribution in [1.29, 1.82) is 0 Å². The highest BCUT2D eigenvalue weighted by Crippen LogP contribution is 2.23. The van der Waals surface area contributed by atoms with E-state index >= 15 is 0 Å². The molecule has 4 rings (SSSR count). The van der Waals surface area contributed by atoms with E-state index in [4.69, 9.17) is 16.7 Å². The van der Waals surface area contributed by atoms with E-state index in [2.05, 4.69) is 25.3 Å². The van der Waals surface area contributed by atoms with Crippen molar-refractivity contribution in [2.45, 2.75) is 0 Å². The zero-order chi connectivity index (χ0) is 20.9. The van der Waals surface area contributed by atoms with Gasteiger partial charge in [-0.2, -0.15) is 0 Å². The lowest BCUT2D eigenvalue weighted by Crippen LogP contribution is -2.47. The third-order valence-corrected chi connectivity index (χ3v) is 5.52. The monoisotopic (exact) mass is 426 g/mol. The normalized spacial score (nSPS) is 14.7. The number of rotatable bonds is 6. The number of aliphatic hydroxyl groups is 1. The van der Waals surface area contributed by atoms with Crippen LogP contribution in [0.4, 0.5) is 11.4 Å². The Morgan fingerprint density at radius 2 is 1.67 bits per heavy atom. The minimum atomic E-state index is -0.278. The second-order valence-corrected chi connectivity index (χ2v) is 7.49. The Labute approximate surface area is 179 Å². The molecule has 3 aromatic rings. The van der Waals surface area contributed by atoms with Gasteiger partial charge in [0.2, 0.25) is 0 Å². The van der Waals surface area contributed by atoms with Crippen LogP contribution in [0.2, 0.25) is 5.02 Å². The van der Waals surface area contributed by atoms with Crippen LogP contribution in [0.15, 0.2) is 55.1 Å². The second kappa shape index (κ2) is 9.25. The molecule has 1 aliphatic rings. The van der Waals surface area contributed by atoms with Gasteiger partial charge in [-0.25, -0.2) is 0 Å². The SMILES string of the molecule is O=C(Nc1ccc(N2CCN(CCO)CC2)cc1)c1cc(-n2cnnc2)ccc1Cl. The standard InChI is InChI=1S/C21H23ClN6O2/c22-20-6-5-18(28-14-23-24-15-28)13-19(20)21(30)25-16-1-3-17(4-2-16)27-9-7-26(8-10-27)11-12-29/h1-6,13-15,29H,7-12H2,(H,25,30). The number of anilines is 2. The van der Waals surface area contributed by atoms with Crippen LogP contribution in [0.3, 0.4) is 0 Å². The van der Waals surface area contributed by atoms with E-state index in [0.717, 1.165) is 44.1 Å². The fraction of sp³-hybridized carbons (Fsp3) is 0.286. The maximum absolute atomic E-state index is 12.8. The fourth-order valence-electron chi connectivity index (χ4n) is 3.51. The van der Waals surface area contributed by atoms with Gasteiger partial charge in [-0.05, 0) is 42.5 Å². The van der Waals surface area contributed by atoms with Gasteiger partial charge in [0.05, 0.1) is 17.2 Å². The second-order valence-electron chi connectivity index (χ2n) is 7.09. The molecule has 0 spiro atoms. The number of β-amino-alcohol motifs (C(OH)–C–C–N with tert-alkyl or cyclic N) is 1. The quantitative estimate of drug-likeness (QED) is 0.629. The van der Waals surface area contributed by atoms with Crippen LogP contribution < -0.4 is 10.2 Å². The smallest absolute Gasteiger partial charge is 0.257 e. The number of hydrogen-bond donors (Lipinski definition) is 2. The Morgan fingerprint density at radius 3 is 2.33 bits per heavy atom. The van der Waals surface area contributed by atoms with Crippen molar-refractivity contribution in [2.75, 3.05) is 49.5 Å². The number of amides is 1. The van der Waals surface area contributed by atoms with E-state index in [1.807, 2.05) is 24.3 Å². The number of aliphatic hydroxyl groups excluding tert-OH is 1. The molecule has 0 bridgehead atoms. The third kappa shape index (κ3) is 4.62. The zero-order valence-electron chi connectivity index (χ0n) is 16.4. The maximum atomic E-state index is 12.8. The topological polar surface area (TPSA) is 86.5 Å². The summed E-state index contributed by atoms with van der Waals surface area (Å²) in [5, 5.41) is 19.9. The first-order valence-electron chi connectivity index (χ1n) is 9.78. The molecule has 1 saturated heterocycles. The van der Waals surface area contributed by atoms with Crippen molar-refractivity contribution in [1.82, 2.24) is 19.7 Å². The number of hydrogen-bond acceptors (Lipinski definition) is 6. The predicted octanol–water partition coefficient (Wildman–Crippen LogP) is 2.29. The van der Waals surface area contributed by atoms with Gasteiger partial charge < -0.3 is 15.3 Å². The number of nitrogens with zero attached hydrogens (tertiary/aromatic N) is 5. The number of carbonyl (C=O) groups excluding carboxylic acids is 1.